The first-order chi connectivity index (χ1) is 10.5. The van der Waals surface area contributed by atoms with Crippen LogP contribution in [-0.2, 0) is 12.4 Å². The van der Waals surface area contributed by atoms with E-state index in [9.17, 15) is 31.1 Å². The Balaban J connectivity index is 2.33. The first-order valence-corrected chi connectivity index (χ1v) is 6.51. The van der Waals surface area contributed by atoms with Gasteiger partial charge in [-0.3, -0.25) is 0 Å². The van der Waals surface area contributed by atoms with E-state index in [1.807, 2.05) is 0 Å². The molecular weight excluding hydrogens is 330 g/mol. The molecule has 23 heavy (non-hydrogen) atoms. The highest BCUT2D eigenvalue weighted by molar-refractivity contribution is 5.65. The number of halogens is 6. The summed E-state index contributed by atoms with van der Waals surface area (Å²) in [6.07, 6.45) is -11.0. The number of benzene rings is 1. The predicted octanol–water partition coefficient (Wildman–Crippen LogP) is 3.52. The van der Waals surface area contributed by atoms with Crippen molar-refractivity contribution >= 4 is 11.8 Å². The largest absolute Gasteiger partial charge is 0.465 e. The Kier molecular flexibility index (Phi) is 4.36. The van der Waals surface area contributed by atoms with Gasteiger partial charge >= 0.3 is 18.4 Å². The van der Waals surface area contributed by atoms with Gasteiger partial charge in [-0.1, -0.05) is 0 Å². The Morgan fingerprint density at radius 2 is 1.30 bits per heavy atom. The van der Waals surface area contributed by atoms with E-state index in [1.165, 1.54) is 4.90 Å². The van der Waals surface area contributed by atoms with E-state index in [4.69, 9.17) is 5.11 Å². The number of carboxylic acid groups (broad SMARTS) is 1. The predicted molar refractivity (Wildman–Crippen MR) is 68.3 cm³/mol. The molecule has 0 spiro atoms. The summed E-state index contributed by atoms with van der Waals surface area (Å²) in [4.78, 5) is 13.1. The Labute approximate surface area is 126 Å². The molecule has 0 bridgehead atoms. The minimum atomic E-state index is -4.90. The van der Waals surface area contributed by atoms with E-state index in [2.05, 4.69) is 0 Å². The first kappa shape index (κ1) is 17.2. The second kappa shape index (κ2) is 5.82. The van der Waals surface area contributed by atoms with Gasteiger partial charge in [0.15, 0.2) is 0 Å². The molecule has 128 valence electrons. The molecular formula is C13H12F6N2O2. The minimum Gasteiger partial charge on any atom is -0.465 e. The van der Waals surface area contributed by atoms with E-state index >= 15 is 0 Å². The Morgan fingerprint density at radius 3 is 1.65 bits per heavy atom. The van der Waals surface area contributed by atoms with Crippen molar-refractivity contribution in [2.45, 2.75) is 12.4 Å². The van der Waals surface area contributed by atoms with E-state index in [1.54, 1.807) is 0 Å². The van der Waals surface area contributed by atoms with Gasteiger partial charge in [0.25, 0.3) is 0 Å². The fraction of sp³-hybridized carbons (Fsp3) is 0.462. The van der Waals surface area contributed by atoms with Crippen molar-refractivity contribution in [2.75, 3.05) is 31.1 Å². The van der Waals surface area contributed by atoms with Crippen LogP contribution in [0, 0.1) is 0 Å². The van der Waals surface area contributed by atoms with Crippen molar-refractivity contribution in [2.24, 2.45) is 0 Å². The van der Waals surface area contributed by atoms with Gasteiger partial charge in [-0.15, -0.1) is 0 Å². The third kappa shape index (κ3) is 3.99. The van der Waals surface area contributed by atoms with Gasteiger partial charge in [0.05, 0.1) is 11.1 Å². The Morgan fingerprint density at radius 1 is 0.870 bits per heavy atom. The van der Waals surface area contributed by atoms with Crippen LogP contribution in [-0.4, -0.2) is 42.3 Å². The van der Waals surface area contributed by atoms with Gasteiger partial charge < -0.3 is 14.9 Å². The lowest BCUT2D eigenvalue weighted by Gasteiger charge is -2.35. The lowest BCUT2D eigenvalue weighted by atomic mass is 10.1. The average molecular weight is 342 g/mol. The van der Waals surface area contributed by atoms with Crippen LogP contribution >= 0.6 is 0 Å². The molecule has 10 heteroatoms. The molecule has 0 unspecified atom stereocenters. The number of alkyl halides is 6. The van der Waals surface area contributed by atoms with Crippen molar-refractivity contribution in [1.82, 2.24) is 4.90 Å². The van der Waals surface area contributed by atoms with Crippen LogP contribution in [0.1, 0.15) is 11.1 Å². The van der Waals surface area contributed by atoms with Gasteiger partial charge in [-0.05, 0) is 18.2 Å². The number of nitrogens with zero attached hydrogens (tertiary/aromatic N) is 2. The summed E-state index contributed by atoms with van der Waals surface area (Å²) < 4.78 is 76.8. The molecule has 1 saturated heterocycles. The maximum atomic E-state index is 12.8. The fourth-order valence-corrected chi connectivity index (χ4v) is 2.28. The van der Waals surface area contributed by atoms with Gasteiger partial charge in [0.1, 0.15) is 0 Å². The molecule has 1 fully saturated rings. The van der Waals surface area contributed by atoms with E-state index in [0.29, 0.717) is 12.1 Å². The topological polar surface area (TPSA) is 43.8 Å². The fourth-order valence-electron chi connectivity index (χ4n) is 2.28. The highest BCUT2D eigenvalue weighted by Crippen LogP contribution is 2.38. The molecule has 1 N–H and O–H groups in total. The average Bonchev–Trinajstić information content (AvgIpc) is 2.45. The molecule has 0 aliphatic carbocycles. The van der Waals surface area contributed by atoms with E-state index < -0.39 is 29.6 Å². The number of amides is 1. The summed E-state index contributed by atoms with van der Waals surface area (Å²) in [6.45, 7) is 0.0513. The zero-order valence-electron chi connectivity index (χ0n) is 11.6. The molecule has 4 nitrogen and oxygen atoms in total. The molecule has 1 heterocycles. The van der Waals surface area contributed by atoms with Gasteiger partial charge in [0.2, 0.25) is 0 Å². The van der Waals surface area contributed by atoms with Crippen LogP contribution in [0.4, 0.5) is 36.8 Å². The highest BCUT2D eigenvalue weighted by Gasteiger charge is 2.37. The van der Waals surface area contributed by atoms with Crippen molar-refractivity contribution < 1.29 is 36.2 Å². The minimum absolute atomic E-state index is 0.00687. The molecule has 1 aliphatic rings. The zero-order chi connectivity index (χ0) is 17.4. The molecule has 1 amide bonds. The number of hydrogen-bond donors (Lipinski definition) is 1. The number of carbonyl (C=O) groups is 1. The summed E-state index contributed by atoms with van der Waals surface area (Å²) in [5, 5.41) is 8.81. The molecule has 1 aromatic rings. The normalized spacial score (nSPS) is 16.6. The smallest absolute Gasteiger partial charge is 0.416 e. The molecule has 0 atom stereocenters. The number of hydrogen-bond acceptors (Lipinski definition) is 2. The summed E-state index contributed by atoms with van der Waals surface area (Å²) >= 11 is 0. The maximum Gasteiger partial charge on any atom is 0.416 e. The van der Waals surface area contributed by atoms with E-state index in [-0.39, 0.29) is 37.9 Å². The summed E-state index contributed by atoms with van der Waals surface area (Å²) in [6, 6.07) is 1.36. The van der Waals surface area contributed by atoms with Gasteiger partial charge in [-0.2, -0.15) is 26.3 Å². The molecule has 0 saturated carbocycles. The quantitative estimate of drug-likeness (QED) is 0.794. The zero-order valence-corrected chi connectivity index (χ0v) is 11.6. The van der Waals surface area contributed by atoms with Crippen LogP contribution in [0.2, 0.25) is 0 Å². The first-order valence-electron chi connectivity index (χ1n) is 6.51. The van der Waals surface area contributed by atoms with E-state index in [0.717, 1.165) is 4.90 Å². The summed E-state index contributed by atoms with van der Waals surface area (Å²) in [5.41, 5.74) is -3.00. The Hall–Kier alpha value is -2.13. The van der Waals surface area contributed by atoms with Crippen molar-refractivity contribution in [3.05, 3.63) is 29.3 Å². The monoisotopic (exact) mass is 342 g/mol. The molecule has 1 aromatic carbocycles. The van der Waals surface area contributed by atoms with Crippen LogP contribution in [0.15, 0.2) is 18.2 Å². The third-order valence-corrected chi connectivity index (χ3v) is 3.49. The van der Waals surface area contributed by atoms with Crippen molar-refractivity contribution in [3.8, 4) is 0 Å². The van der Waals surface area contributed by atoms with Crippen LogP contribution in [0.3, 0.4) is 0 Å². The third-order valence-electron chi connectivity index (χ3n) is 3.49. The lowest BCUT2D eigenvalue weighted by Crippen LogP contribution is -2.48. The van der Waals surface area contributed by atoms with Crippen molar-refractivity contribution in [3.63, 3.8) is 0 Å². The second-order valence-corrected chi connectivity index (χ2v) is 5.02. The second-order valence-electron chi connectivity index (χ2n) is 5.02. The number of piperazine rings is 1. The van der Waals surface area contributed by atoms with Crippen LogP contribution in [0.25, 0.3) is 0 Å². The standard InChI is InChI=1S/C13H12F6N2O2/c14-12(15,16)8-5-9(13(17,18)19)7-10(6-8)20-1-3-21(4-2-20)11(22)23/h5-7H,1-4H2,(H,22,23). The summed E-state index contributed by atoms with van der Waals surface area (Å²) in [7, 11) is 0. The maximum absolute atomic E-state index is 12.8. The highest BCUT2D eigenvalue weighted by atomic mass is 19.4. The summed E-state index contributed by atoms with van der Waals surface area (Å²) in [5.74, 6) is 0. The molecule has 0 radical (unpaired) electrons. The van der Waals surface area contributed by atoms with Gasteiger partial charge in [-0.25, -0.2) is 4.79 Å². The lowest BCUT2D eigenvalue weighted by molar-refractivity contribution is -0.143. The molecule has 1 aliphatic heterocycles. The molecule has 2 rings (SSSR count). The SMILES string of the molecule is O=C(O)N1CCN(c2cc(C(F)(F)F)cc(C(F)(F)F)c2)CC1. The van der Waals surface area contributed by atoms with Gasteiger partial charge in [0, 0.05) is 31.9 Å². The Bertz CT molecular complexity index is 559. The number of rotatable bonds is 1. The van der Waals surface area contributed by atoms with Crippen LogP contribution in [0.5, 0.6) is 0 Å². The van der Waals surface area contributed by atoms with Crippen molar-refractivity contribution in [1.29, 1.82) is 0 Å². The number of anilines is 1. The van der Waals surface area contributed by atoms with Crippen LogP contribution < -0.4 is 4.90 Å². The molecule has 0 aromatic heterocycles.